The third-order valence-electron chi connectivity index (χ3n) is 3.19. The van der Waals surface area contributed by atoms with Crippen molar-refractivity contribution in [2.45, 2.75) is 26.2 Å². The van der Waals surface area contributed by atoms with Crippen LogP contribution in [0, 0.1) is 6.92 Å². The van der Waals surface area contributed by atoms with Gasteiger partial charge >= 0.3 is 0 Å². The number of aromatic nitrogens is 3. The third-order valence-corrected chi connectivity index (χ3v) is 3.19. The predicted molar refractivity (Wildman–Crippen MR) is 77.5 cm³/mol. The molecule has 2 rings (SSSR count). The molecule has 0 bridgehead atoms. The van der Waals surface area contributed by atoms with E-state index in [4.69, 9.17) is 0 Å². The van der Waals surface area contributed by atoms with E-state index in [1.165, 1.54) is 5.56 Å². The molecule has 0 aliphatic heterocycles. The first-order valence-corrected chi connectivity index (χ1v) is 6.85. The minimum atomic E-state index is -0.130. The van der Waals surface area contributed by atoms with E-state index in [0.717, 1.165) is 25.8 Å². The highest BCUT2D eigenvalue weighted by atomic mass is 16.2. The lowest BCUT2D eigenvalue weighted by atomic mass is 10.1. The van der Waals surface area contributed by atoms with Gasteiger partial charge in [-0.25, -0.2) is 4.98 Å². The fourth-order valence-electron chi connectivity index (χ4n) is 2.03. The zero-order valence-corrected chi connectivity index (χ0v) is 12.0. The summed E-state index contributed by atoms with van der Waals surface area (Å²) in [7, 11) is 1.79. The second-order valence-corrected chi connectivity index (χ2v) is 4.91. The van der Waals surface area contributed by atoms with Crippen LogP contribution in [0.3, 0.4) is 0 Å². The molecular weight excluding hydrogens is 252 g/mol. The lowest BCUT2D eigenvalue weighted by molar-refractivity contribution is 0.0781. The van der Waals surface area contributed by atoms with Crippen LogP contribution < -0.4 is 0 Å². The van der Waals surface area contributed by atoms with Gasteiger partial charge in [0, 0.05) is 13.6 Å². The summed E-state index contributed by atoms with van der Waals surface area (Å²) in [5.74, 6) is 0.771. The van der Waals surface area contributed by atoms with Crippen LogP contribution in [0.25, 0.3) is 0 Å². The Morgan fingerprint density at radius 3 is 2.65 bits per heavy atom. The standard InChI is InChI=1S/C15H20N4O/c1-12-16-14(18-17-12)15(20)19(2)11-7-6-10-13-8-4-3-5-9-13/h3-5,8-9H,6-7,10-11H2,1-2H3,(H,16,17,18). The van der Waals surface area contributed by atoms with E-state index in [1.54, 1.807) is 18.9 Å². The van der Waals surface area contributed by atoms with Gasteiger partial charge in [-0.3, -0.25) is 9.89 Å². The van der Waals surface area contributed by atoms with Crippen molar-refractivity contribution in [1.29, 1.82) is 0 Å². The first-order valence-electron chi connectivity index (χ1n) is 6.85. The molecule has 0 unspecified atom stereocenters. The van der Waals surface area contributed by atoms with Crippen LogP contribution in [-0.4, -0.2) is 39.6 Å². The van der Waals surface area contributed by atoms with Crippen molar-refractivity contribution in [3.05, 3.63) is 47.5 Å². The molecule has 0 radical (unpaired) electrons. The summed E-state index contributed by atoms with van der Waals surface area (Å²) in [6.45, 7) is 2.50. The van der Waals surface area contributed by atoms with Crippen LogP contribution in [0.5, 0.6) is 0 Å². The molecule has 0 fully saturated rings. The molecule has 5 heteroatoms. The van der Waals surface area contributed by atoms with E-state index in [1.807, 2.05) is 6.07 Å². The van der Waals surface area contributed by atoms with Crippen LogP contribution in [-0.2, 0) is 6.42 Å². The van der Waals surface area contributed by atoms with E-state index in [2.05, 4.69) is 39.4 Å². The number of unbranched alkanes of at least 4 members (excludes halogenated alkanes) is 1. The largest absolute Gasteiger partial charge is 0.339 e. The first-order chi connectivity index (χ1) is 9.66. The zero-order chi connectivity index (χ0) is 14.4. The van der Waals surface area contributed by atoms with Crippen molar-refractivity contribution in [3.63, 3.8) is 0 Å². The predicted octanol–water partition coefficient (Wildman–Crippen LogP) is 2.21. The molecule has 0 saturated carbocycles. The van der Waals surface area contributed by atoms with Gasteiger partial charge in [0.05, 0.1) is 0 Å². The number of nitrogens with zero attached hydrogens (tertiary/aromatic N) is 3. The second-order valence-electron chi connectivity index (χ2n) is 4.91. The number of hydrogen-bond donors (Lipinski definition) is 1. The summed E-state index contributed by atoms with van der Waals surface area (Å²) < 4.78 is 0. The van der Waals surface area contributed by atoms with Crippen LogP contribution in [0.2, 0.25) is 0 Å². The Bertz CT molecular complexity index is 550. The average molecular weight is 272 g/mol. The SMILES string of the molecule is Cc1nc(C(=O)N(C)CCCCc2ccccc2)n[nH]1. The van der Waals surface area contributed by atoms with Gasteiger partial charge in [-0.2, -0.15) is 0 Å². The Labute approximate surface area is 119 Å². The summed E-state index contributed by atoms with van der Waals surface area (Å²) in [5, 5.41) is 6.57. The molecular formula is C15H20N4O. The number of carbonyl (C=O) groups is 1. The van der Waals surface area contributed by atoms with Crippen molar-refractivity contribution in [2.75, 3.05) is 13.6 Å². The Morgan fingerprint density at radius 1 is 1.25 bits per heavy atom. The molecule has 0 saturated heterocycles. The molecule has 106 valence electrons. The van der Waals surface area contributed by atoms with Gasteiger partial charge in [-0.1, -0.05) is 30.3 Å². The van der Waals surface area contributed by atoms with Gasteiger partial charge in [-0.05, 0) is 31.7 Å². The molecule has 1 aromatic carbocycles. The zero-order valence-electron chi connectivity index (χ0n) is 12.0. The monoisotopic (exact) mass is 272 g/mol. The van der Waals surface area contributed by atoms with Gasteiger partial charge < -0.3 is 4.90 Å². The third kappa shape index (κ3) is 3.91. The van der Waals surface area contributed by atoms with Gasteiger partial charge in [-0.15, -0.1) is 5.10 Å². The highest BCUT2D eigenvalue weighted by Crippen LogP contribution is 2.06. The highest BCUT2D eigenvalue weighted by molar-refractivity contribution is 5.90. The lowest BCUT2D eigenvalue weighted by Gasteiger charge is -2.14. The minimum Gasteiger partial charge on any atom is -0.339 e. The number of nitrogens with one attached hydrogen (secondary N) is 1. The molecule has 1 aromatic heterocycles. The maximum atomic E-state index is 12.0. The van der Waals surface area contributed by atoms with Crippen LogP contribution in [0.15, 0.2) is 30.3 Å². The molecule has 1 heterocycles. The lowest BCUT2D eigenvalue weighted by Crippen LogP contribution is -2.28. The molecule has 20 heavy (non-hydrogen) atoms. The minimum absolute atomic E-state index is 0.130. The number of aromatic amines is 1. The van der Waals surface area contributed by atoms with Gasteiger partial charge in [0.15, 0.2) is 0 Å². The number of H-pyrrole nitrogens is 1. The fraction of sp³-hybridized carbons (Fsp3) is 0.400. The number of aryl methyl sites for hydroxylation is 2. The van der Waals surface area contributed by atoms with Crippen molar-refractivity contribution in [2.24, 2.45) is 0 Å². The number of amides is 1. The Hall–Kier alpha value is -2.17. The molecule has 2 aromatic rings. The van der Waals surface area contributed by atoms with Crippen LogP contribution >= 0.6 is 0 Å². The Morgan fingerprint density at radius 2 is 2.00 bits per heavy atom. The molecule has 5 nitrogen and oxygen atoms in total. The Kier molecular flexibility index (Phi) is 4.87. The summed E-state index contributed by atoms with van der Waals surface area (Å²) in [6, 6.07) is 10.4. The molecule has 0 aliphatic rings. The van der Waals surface area contributed by atoms with Gasteiger partial charge in [0.2, 0.25) is 5.82 Å². The van der Waals surface area contributed by atoms with Crippen LogP contribution in [0.1, 0.15) is 34.8 Å². The highest BCUT2D eigenvalue weighted by Gasteiger charge is 2.15. The Balaban J connectivity index is 1.72. The van der Waals surface area contributed by atoms with E-state index >= 15 is 0 Å². The number of rotatable bonds is 6. The summed E-state index contributed by atoms with van der Waals surface area (Å²) in [5.41, 5.74) is 1.34. The van der Waals surface area contributed by atoms with E-state index < -0.39 is 0 Å². The quantitative estimate of drug-likeness (QED) is 0.820. The topological polar surface area (TPSA) is 61.9 Å². The van der Waals surface area contributed by atoms with Crippen molar-refractivity contribution in [1.82, 2.24) is 20.1 Å². The molecule has 0 atom stereocenters. The number of carbonyl (C=O) groups excluding carboxylic acids is 1. The number of hydrogen-bond acceptors (Lipinski definition) is 3. The van der Waals surface area contributed by atoms with E-state index in [-0.39, 0.29) is 11.7 Å². The van der Waals surface area contributed by atoms with Crippen LogP contribution in [0.4, 0.5) is 0 Å². The fourth-order valence-corrected chi connectivity index (χ4v) is 2.03. The van der Waals surface area contributed by atoms with Gasteiger partial charge in [0.1, 0.15) is 5.82 Å². The molecule has 1 amide bonds. The first kappa shape index (κ1) is 14.2. The van der Waals surface area contributed by atoms with E-state index in [9.17, 15) is 4.79 Å². The summed E-state index contributed by atoms with van der Waals surface area (Å²) in [6.07, 6.45) is 3.08. The molecule has 0 spiro atoms. The molecule has 1 N–H and O–H groups in total. The average Bonchev–Trinajstić information content (AvgIpc) is 2.90. The van der Waals surface area contributed by atoms with Crippen molar-refractivity contribution < 1.29 is 4.79 Å². The summed E-state index contributed by atoms with van der Waals surface area (Å²) >= 11 is 0. The number of benzene rings is 1. The summed E-state index contributed by atoms with van der Waals surface area (Å²) in [4.78, 5) is 17.7. The van der Waals surface area contributed by atoms with Crippen molar-refractivity contribution in [3.8, 4) is 0 Å². The van der Waals surface area contributed by atoms with Crippen molar-refractivity contribution >= 4 is 5.91 Å². The molecule has 0 aliphatic carbocycles. The van der Waals surface area contributed by atoms with E-state index in [0.29, 0.717) is 5.82 Å². The maximum Gasteiger partial charge on any atom is 0.293 e. The smallest absolute Gasteiger partial charge is 0.293 e. The normalized spacial score (nSPS) is 10.5. The van der Waals surface area contributed by atoms with Gasteiger partial charge in [0.25, 0.3) is 5.91 Å². The maximum absolute atomic E-state index is 12.0. The second kappa shape index (κ2) is 6.84.